The molecule has 0 spiro atoms. The molecule has 0 amide bonds. The van der Waals surface area contributed by atoms with Crippen LogP contribution < -0.4 is 5.32 Å². The predicted octanol–water partition coefficient (Wildman–Crippen LogP) is 2.08. The van der Waals surface area contributed by atoms with E-state index in [0.717, 1.165) is 22.7 Å². The zero-order chi connectivity index (χ0) is 13.1. The van der Waals surface area contributed by atoms with Crippen molar-refractivity contribution in [2.45, 2.75) is 6.54 Å². The molecule has 0 bridgehead atoms. The van der Waals surface area contributed by atoms with Crippen molar-refractivity contribution in [2.24, 2.45) is 7.05 Å². The molecule has 0 saturated heterocycles. The van der Waals surface area contributed by atoms with Gasteiger partial charge in [-0.3, -0.25) is 4.68 Å². The highest BCUT2D eigenvalue weighted by Gasteiger charge is 2.03. The van der Waals surface area contributed by atoms with Crippen LogP contribution >= 0.6 is 0 Å². The van der Waals surface area contributed by atoms with Crippen molar-refractivity contribution in [3.8, 4) is 11.3 Å². The Kier molecular flexibility index (Phi) is 2.97. The van der Waals surface area contributed by atoms with E-state index in [4.69, 9.17) is 4.42 Å². The van der Waals surface area contributed by atoms with Crippen LogP contribution in [0, 0.1) is 0 Å². The molecular formula is C13H13N5O. The molecule has 6 heteroatoms. The first-order valence-corrected chi connectivity index (χ1v) is 5.89. The lowest BCUT2D eigenvalue weighted by Gasteiger charge is -2.05. The Hall–Kier alpha value is -2.63. The lowest BCUT2D eigenvalue weighted by atomic mass is 10.1. The second-order valence-corrected chi connectivity index (χ2v) is 4.18. The molecule has 0 aliphatic heterocycles. The van der Waals surface area contributed by atoms with Crippen molar-refractivity contribution in [3.63, 3.8) is 0 Å². The molecule has 2 aromatic heterocycles. The number of aromatic nitrogens is 4. The van der Waals surface area contributed by atoms with Crippen molar-refractivity contribution in [1.29, 1.82) is 0 Å². The summed E-state index contributed by atoms with van der Waals surface area (Å²) in [6.07, 6.45) is 5.00. The molecule has 2 heterocycles. The van der Waals surface area contributed by atoms with Gasteiger partial charge in [0, 0.05) is 24.5 Å². The van der Waals surface area contributed by atoms with E-state index in [1.165, 1.54) is 6.39 Å². The fraction of sp³-hybridized carbons (Fsp3) is 0.154. The SMILES string of the molecule is Cn1cc(CNc2cccc(-c3cnco3)c2)nn1. The van der Waals surface area contributed by atoms with Crippen LogP contribution in [0.15, 0.2) is 47.5 Å². The Bertz CT molecular complexity index is 659. The quantitative estimate of drug-likeness (QED) is 0.773. The fourth-order valence-corrected chi connectivity index (χ4v) is 1.81. The van der Waals surface area contributed by atoms with Gasteiger partial charge in [0.25, 0.3) is 0 Å². The second kappa shape index (κ2) is 4.93. The summed E-state index contributed by atoms with van der Waals surface area (Å²) in [5.41, 5.74) is 2.88. The Morgan fingerprint density at radius 1 is 1.37 bits per heavy atom. The molecule has 0 saturated carbocycles. The van der Waals surface area contributed by atoms with Crippen LogP contribution in [0.1, 0.15) is 5.69 Å². The summed E-state index contributed by atoms with van der Waals surface area (Å²) in [4.78, 5) is 3.92. The van der Waals surface area contributed by atoms with E-state index >= 15 is 0 Å². The van der Waals surface area contributed by atoms with Crippen molar-refractivity contribution in [1.82, 2.24) is 20.0 Å². The third-order valence-corrected chi connectivity index (χ3v) is 2.70. The summed E-state index contributed by atoms with van der Waals surface area (Å²) in [6, 6.07) is 7.96. The topological polar surface area (TPSA) is 68.8 Å². The third kappa shape index (κ3) is 2.62. The molecule has 19 heavy (non-hydrogen) atoms. The van der Waals surface area contributed by atoms with Gasteiger partial charge in [-0.1, -0.05) is 17.3 Å². The van der Waals surface area contributed by atoms with Gasteiger partial charge in [0.05, 0.1) is 12.7 Å². The molecule has 0 aliphatic carbocycles. The zero-order valence-electron chi connectivity index (χ0n) is 10.4. The number of hydrogen-bond donors (Lipinski definition) is 1. The van der Waals surface area contributed by atoms with E-state index in [-0.39, 0.29) is 0 Å². The highest BCUT2D eigenvalue weighted by atomic mass is 16.3. The maximum Gasteiger partial charge on any atom is 0.181 e. The number of anilines is 1. The van der Waals surface area contributed by atoms with Gasteiger partial charge < -0.3 is 9.73 Å². The molecule has 0 aliphatic rings. The highest BCUT2D eigenvalue weighted by molar-refractivity contribution is 5.63. The number of rotatable bonds is 4. The largest absolute Gasteiger partial charge is 0.444 e. The minimum atomic E-state index is 0.633. The van der Waals surface area contributed by atoms with Crippen LogP contribution in [0.2, 0.25) is 0 Å². The lowest BCUT2D eigenvalue weighted by Crippen LogP contribution is -1.99. The predicted molar refractivity (Wildman–Crippen MR) is 70.3 cm³/mol. The van der Waals surface area contributed by atoms with Gasteiger partial charge in [-0.05, 0) is 12.1 Å². The summed E-state index contributed by atoms with van der Waals surface area (Å²) >= 11 is 0. The number of nitrogens with one attached hydrogen (secondary N) is 1. The highest BCUT2D eigenvalue weighted by Crippen LogP contribution is 2.22. The van der Waals surface area contributed by atoms with E-state index in [2.05, 4.69) is 20.6 Å². The first-order valence-electron chi connectivity index (χ1n) is 5.89. The van der Waals surface area contributed by atoms with Crippen LogP contribution in [-0.2, 0) is 13.6 Å². The molecule has 0 unspecified atom stereocenters. The molecule has 6 nitrogen and oxygen atoms in total. The molecule has 1 N–H and O–H groups in total. The maximum atomic E-state index is 5.28. The standard InChI is InChI=1S/C13H13N5O/c1-18-8-12(16-17-18)6-15-11-4-2-3-10(5-11)13-7-14-9-19-13/h2-5,7-9,15H,6H2,1H3. The fourth-order valence-electron chi connectivity index (χ4n) is 1.81. The molecule has 3 rings (SSSR count). The zero-order valence-corrected chi connectivity index (χ0v) is 10.4. The molecule has 0 atom stereocenters. The summed E-state index contributed by atoms with van der Waals surface area (Å²) in [7, 11) is 1.85. The Morgan fingerprint density at radius 2 is 2.32 bits per heavy atom. The van der Waals surface area contributed by atoms with Crippen molar-refractivity contribution >= 4 is 5.69 Å². The summed E-state index contributed by atoms with van der Waals surface area (Å²) in [6.45, 7) is 0.633. The Balaban J connectivity index is 1.73. The van der Waals surface area contributed by atoms with E-state index < -0.39 is 0 Å². The summed E-state index contributed by atoms with van der Waals surface area (Å²) < 4.78 is 6.96. The molecule has 0 radical (unpaired) electrons. The molecular weight excluding hydrogens is 242 g/mol. The van der Waals surface area contributed by atoms with E-state index in [1.807, 2.05) is 37.5 Å². The number of hydrogen-bond acceptors (Lipinski definition) is 5. The van der Waals surface area contributed by atoms with Crippen molar-refractivity contribution in [3.05, 3.63) is 48.7 Å². The second-order valence-electron chi connectivity index (χ2n) is 4.18. The van der Waals surface area contributed by atoms with E-state index in [9.17, 15) is 0 Å². The van der Waals surface area contributed by atoms with Crippen LogP contribution in [0.5, 0.6) is 0 Å². The van der Waals surface area contributed by atoms with Gasteiger partial charge in [-0.25, -0.2) is 4.98 Å². The smallest absolute Gasteiger partial charge is 0.181 e. The average molecular weight is 255 g/mol. The molecule has 0 fully saturated rings. The first kappa shape index (κ1) is 11.5. The third-order valence-electron chi connectivity index (χ3n) is 2.70. The Labute approximate surface area is 110 Å². The number of benzene rings is 1. The van der Waals surface area contributed by atoms with Crippen LogP contribution in [-0.4, -0.2) is 20.0 Å². The number of oxazole rings is 1. The van der Waals surface area contributed by atoms with Crippen molar-refractivity contribution in [2.75, 3.05) is 5.32 Å². The maximum absolute atomic E-state index is 5.28. The van der Waals surface area contributed by atoms with Gasteiger partial charge in [0.15, 0.2) is 12.2 Å². The monoisotopic (exact) mass is 255 g/mol. The minimum absolute atomic E-state index is 0.633. The number of aryl methyl sites for hydroxylation is 1. The van der Waals surface area contributed by atoms with E-state index in [1.54, 1.807) is 10.9 Å². The van der Waals surface area contributed by atoms with E-state index in [0.29, 0.717) is 6.54 Å². The lowest BCUT2D eigenvalue weighted by molar-refractivity contribution is 0.572. The summed E-state index contributed by atoms with van der Waals surface area (Å²) in [5.74, 6) is 0.753. The van der Waals surface area contributed by atoms with Crippen LogP contribution in [0.25, 0.3) is 11.3 Å². The van der Waals surface area contributed by atoms with Crippen LogP contribution in [0.3, 0.4) is 0 Å². The van der Waals surface area contributed by atoms with Gasteiger partial charge in [-0.2, -0.15) is 0 Å². The normalized spacial score (nSPS) is 10.6. The Morgan fingerprint density at radius 3 is 3.05 bits per heavy atom. The van der Waals surface area contributed by atoms with Gasteiger partial charge in [0.2, 0.25) is 0 Å². The number of nitrogens with zero attached hydrogens (tertiary/aromatic N) is 4. The van der Waals surface area contributed by atoms with Gasteiger partial charge in [-0.15, -0.1) is 5.10 Å². The molecule has 3 aromatic rings. The molecule has 96 valence electrons. The van der Waals surface area contributed by atoms with Crippen molar-refractivity contribution < 1.29 is 4.42 Å². The average Bonchev–Trinajstić information content (AvgIpc) is 3.08. The summed E-state index contributed by atoms with van der Waals surface area (Å²) in [5, 5.41) is 11.2. The molecule has 1 aromatic carbocycles. The van der Waals surface area contributed by atoms with Crippen LogP contribution in [0.4, 0.5) is 5.69 Å². The first-order chi connectivity index (χ1) is 9.31. The minimum Gasteiger partial charge on any atom is -0.444 e. The van der Waals surface area contributed by atoms with Gasteiger partial charge in [0.1, 0.15) is 5.69 Å². The van der Waals surface area contributed by atoms with Gasteiger partial charge >= 0.3 is 0 Å².